The highest BCUT2D eigenvalue weighted by Gasteiger charge is 2.33. The van der Waals surface area contributed by atoms with E-state index in [0.29, 0.717) is 13.2 Å². The second-order valence-electron chi connectivity index (χ2n) is 4.44. The van der Waals surface area contributed by atoms with Gasteiger partial charge in [-0.15, -0.1) is 0 Å². The Morgan fingerprint density at radius 1 is 1.38 bits per heavy atom. The normalized spacial score (nSPS) is 26.8. The number of nitrogens with one attached hydrogen (secondary N) is 1. The number of nitrogens with two attached hydrogens (primary N) is 2. The Hall–Kier alpha value is -1.14. The van der Waals surface area contributed by atoms with Crippen molar-refractivity contribution >= 4 is 11.8 Å². The highest BCUT2D eigenvalue weighted by molar-refractivity contribution is 5.88. The Morgan fingerprint density at radius 3 is 2.38 bits per heavy atom. The molecular weight excluding hydrogens is 210 g/mol. The van der Waals surface area contributed by atoms with Crippen LogP contribution in [0.1, 0.15) is 13.8 Å². The van der Waals surface area contributed by atoms with Crippen LogP contribution in [-0.4, -0.2) is 37.1 Å². The van der Waals surface area contributed by atoms with Crippen molar-refractivity contribution in [2.24, 2.45) is 23.3 Å². The summed E-state index contributed by atoms with van der Waals surface area (Å²) in [6.45, 7) is 4.32. The molecule has 1 heterocycles. The van der Waals surface area contributed by atoms with Gasteiger partial charge < -0.3 is 21.5 Å². The topological polar surface area (TPSA) is 107 Å². The number of carbonyl (C=O) groups excluding carboxylic acids is 2. The van der Waals surface area contributed by atoms with Crippen LogP contribution in [-0.2, 0) is 14.3 Å². The van der Waals surface area contributed by atoms with E-state index >= 15 is 0 Å². The van der Waals surface area contributed by atoms with Crippen molar-refractivity contribution in [2.45, 2.75) is 25.9 Å². The highest BCUT2D eigenvalue weighted by atomic mass is 16.5. The van der Waals surface area contributed by atoms with Gasteiger partial charge in [-0.25, -0.2) is 0 Å². The first-order valence-electron chi connectivity index (χ1n) is 5.36. The Labute approximate surface area is 94.7 Å². The minimum atomic E-state index is -0.653. The minimum absolute atomic E-state index is 0.0417. The zero-order valence-electron chi connectivity index (χ0n) is 9.60. The molecule has 1 rings (SSSR count). The second-order valence-corrected chi connectivity index (χ2v) is 4.44. The van der Waals surface area contributed by atoms with Crippen molar-refractivity contribution in [1.82, 2.24) is 5.32 Å². The van der Waals surface area contributed by atoms with Gasteiger partial charge in [0.15, 0.2) is 0 Å². The van der Waals surface area contributed by atoms with E-state index in [1.165, 1.54) is 0 Å². The van der Waals surface area contributed by atoms with Gasteiger partial charge in [0.1, 0.15) is 6.04 Å². The lowest BCUT2D eigenvalue weighted by Gasteiger charge is -2.21. The average Bonchev–Trinajstić information content (AvgIpc) is 2.59. The molecule has 2 amide bonds. The van der Waals surface area contributed by atoms with Crippen LogP contribution in [0.15, 0.2) is 0 Å². The number of hydrogen-bond donors (Lipinski definition) is 3. The van der Waals surface area contributed by atoms with Gasteiger partial charge in [-0.1, -0.05) is 13.8 Å². The maximum atomic E-state index is 11.8. The van der Waals surface area contributed by atoms with E-state index in [2.05, 4.69) is 5.32 Å². The summed E-state index contributed by atoms with van der Waals surface area (Å²) in [4.78, 5) is 22.9. The largest absolute Gasteiger partial charge is 0.379 e. The lowest BCUT2D eigenvalue weighted by Crippen LogP contribution is -2.51. The van der Waals surface area contributed by atoms with Crippen molar-refractivity contribution in [3.05, 3.63) is 0 Å². The van der Waals surface area contributed by atoms with Crippen molar-refractivity contribution in [3.8, 4) is 0 Å². The molecule has 0 bridgehead atoms. The van der Waals surface area contributed by atoms with Crippen LogP contribution in [0.2, 0.25) is 0 Å². The van der Waals surface area contributed by atoms with E-state index < -0.39 is 11.9 Å². The van der Waals surface area contributed by atoms with E-state index in [9.17, 15) is 9.59 Å². The molecule has 5 N–H and O–H groups in total. The van der Waals surface area contributed by atoms with E-state index in [-0.39, 0.29) is 23.8 Å². The third kappa shape index (κ3) is 2.93. The molecular formula is C10H19N3O3. The molecule has 0 aromatic rings. The SMILES string of the molecule is CC(C)C(NC(=O)C1COCC1N)C(N)=O. The average molecular weight is 229 g/mol. The van der Waals surface area contributed by atoms with Gasteiger partial charge >= 0.3 is 0 Å². The Bertz CT molecular complexity index is 280. The lowest BCUT2D eigenvalue weighted by molar-refractivity contribution is -0.131. The molecule has 0 aromatic carbocycles. The molecule has 0 spiro atoms. The molecule has 0 aliphatic carbocycles. The van der Waals surface area contributed by atoms with E-state index in [4.69, 9.17) is 16.2 Å². The molecule has 1 saturated heterocycles. The standard InChI is InChI=1S/C10H19N3O3/c1-5(2)8(9(12)14)13-10(15)6-3-16-4-7(6)11/h5-8H,3-4,11H2,1-2H3,(H2,12,14)(H,13,15). The van der Waals surface area contributed by atoms with Crippen LogP contribution in [0, 0.1) is 11.8 Å². The Kier molecular flexibility index (Phi) is 4.26. The molecule has 92 valence electrons. The minimum Gasteiger partial charge on any atom is -0.379 e. The number of hydrogen-bond acceptors (Lipinski definition) is 4. The third-order valence-corrected chi connectivity index (χ3v) is 2.73. The smallest absolute Gasteiger partial charge is 0.240 e. The van der Waals surface area contributed by atoms with Gasteiger partial charge in [0.2, 0.25) is 11.8 Å². The van der Waals surface area contributed by atoms with Crippen LogP contribution >= 0.6 is 0 Å². The summed E-state index contributed by atoms with van der Waals surface area (Å²) in [5.74, 6) is -1.22. The van der Waals surface area contributed by atoms with Crippen LogP contribution < -0.4 is 16.8 Å². The summed E-state index contributed by atoms with van der Waals surface area (Å²) in [7, 11) is 0. The highest BCUT2D eigenvalue weighted by Crippen LogP contribution is 2.12. The second kappa shape index (κ2) is 5.27. The third-order valence-electron chi connectivity index (χ3n) is 2.73. The molecule has 16 heavy (non-hydrogen) atoms. The molecule has 1 fully saturated rings. The number of ether oxygens (including phenoxy) is 1. The first-order valence-corrected chi connectivity index (χ1v) is 5.36. The fourth-order valence-corrected chi connectivity index (χ4v) is 1.67. The van der Waals surface area contributed by atoms with Crippen LogP contribution in [0.4, 0.5) is 0 Å². The fourth-order valence-electron chi connectivity index (χ4n) is 1.67. The first-order chi connectivity index (χ1) is 7.43. The zero-order chi connectivity index (χ0) is 12.3. The number of amides is 2. The molecule has 0 radical (unpaired) electrons. The van der Waals surface area contributed by atoms with E-state index in [1.54, 1.807) is 0 Å². The lowest BCUT2D eigenvalue weighted by atomic mass is 10.00. The monoisotopic (exact) mass is 229 g/mol. The molecule has 0 saturated carbocycles. The molecule has 6 nitrogen and oxygen atoms in total. The van der Waals surface area contributed by atoms with Crippen molar-refractivity contribution in [2.75, 3.05) is 13.2 Å². The molecule has 3 atom stereocenters. The molecule has 3 unspecified atom stereocenters. The van der Waals surface area contributed by atoms with Gasteiger partial charge in [-0.3, -0.25) is 9.59 Å². The van der Waals surface area contributed by atoms with Crippen molar-refractivity contribution in [3.63, 3.8) is 0 Å². The number of carbonyl (C=O) groups is 2. The van der Waals surface area contributed by atoms with Gasteiger partial charge in [-0.2, -0.15) is 0 Å². The van der Waals surface area contributed by atoms with Crippen LogP contribution in [0.25, 0.3) is 0 Å². The number of primary amides is 1. The molecule has 1 aliphatic heterocycles. The summed E-state index contributed by atoms with van der Waals surface area (Å²) in [5.41, 5.74) is 10.9. The number of rotatable bonds is 4. The predicted octanol–water partition coefficient (Wildman–Crippen LogP) is -1.41. The molecule has 0 aromatic heterocycles. The Balaban J connectivity index is 2.58. The van der Waals surface area contributed by atoms with Crippen molar-refractivity contribution < 1.29 is 14.3 Å². The summed E-state index contributed by atoms with van der Waals surface area (Å²) in [5, 5.41) is 2.61. The summed E-state index contributed by atoms with van der Waals surface area (Å²) >= 11 is 0. The maximum Gasteiger partial charge on any atom is 0.240 e. The fraction of sp³-hybridized carbons (Fsp3) is 0.800. The van der Waals surface area contributed by atoms with Crippen molar-refractivity contribution in [1.29, 1.82) is 0 Å². The summed E-state index contributed by atoms with van der Waals surface area (Å²) in [6, 6.07) is -0.957. The van der Waals surface area contributed by atoms with E-state index in [0.717, 1.165) is 0 Å². The quantitative estimate of drug-likeness (QED) is 0.550. The van der Waals surface area contributed by atoms with Gasteiger partial charge in [0.05, 0.1) is 19.1 Å². The van der Waals surface area contributed by atoms with Crippen LogP contribution in [0.5, 0.6) is 0 Å². The molecule has 6 heteroatoms. The van der Waals surface area contributed by atoms with Gasteiger partial charge in [-0.05, 0) is 5.92 Å². The summed E-state index contributed by atoms with van der Waals surface area (Å²) in [6.07, 6.45) is 0. The van der Waals surface area contributed by atoms with Gasteiger partial charge in [0.25, 0.3) is 0 Å². The maximum absolute atomic E-state index is 11.8. The predicted molar refractivity (Wildman–Crippen MR) is 58.2 cm³/mol. The van der Waals surface area contributed by atoms with E-state index in [1.807, 2.05) is 13.8 Å². The first kappa shape index (κ1) is 12.9. The Morgan fingerprint density at radius 2 is 2.00 bits per heavy atom. The van der Waals surface area contributed by atoms with Crippen LogP contribution in [0.3, 0.4) is 0 Å². The zero-order valence-corrected chi connectivity index (χ0v) is 9.60. The summed E-state index contributed by atoms with van der Waals surface area (Å²) < 4.78 is 5.09. The molecule has 1 aliphatic rings. The van der Waals surface area contributed by atoms with Gasteiger partial charge in [0, 0.05) is 6.04 Å².